The second-order valence-electron chi connectivity index (χ2n) is 9.01. The van der Waals surface area contributed by atoms with Gasteiger partial charge in [-0.05, 0) is 83.5 Å². The average Bonchev–Trinajstić information content (AvgIpc) is 3.69. The monoisotopic (exact) mass is 560 g/mol. The molecular formula is C40H24S. The first-order valence-electron chi connectivity index (χ1n) is 24.2. The Labute approximate surface area is 275 Å². The number of hydrogen-bond acceptors (Lipinski definition) is 1. The normalized spacial score (nSPS) is 20.1. The van der Waals surface area contributed by atoms with Crippen molar-refractivity contribution in [1.82, 2.24) is 0 Å². The molecule has 0 aliphatic carbocycles. The molecule has 0 bridgehead atoms. The molecule has 0 amide bonds. The molecule has 9 rings (SSSR count). The van der Waals surface area contributed by atoms with Crippen molar-refractivity contribution in [3.05, 3.63) is 145 Å². The molecule has 0 N–H and O–H groups in total. The minimum atomic E-state index is -0.933. The maximum absolute atomic E-state index is 9.74. The van der Waals surface area contributed by atoms with Gasteiger partial charge in [0, 0.05) is 20.2 Å². The van der Waals surface area contributed by atoms with E-state index in [-0.39, 0.29) is 20.2 Å². The van der Waals surface area contributed by atoms with E-state index in [1.165, 1.54) is 0 Å². The Morgan fingerprint density at radius 1 is 0.366 bits per heavy atom. The molecule has 0 aliphatic rings. The third-order valence-electron chi connectivity index (χ3n) is 6.89. The smallest absolute Gasteiger partial charge is 0.0644 e. The molecule has 1 heteroatoms. The minimum absolute atomic E-state index is 0.0767. The fourth-order valence-corrected chi connectivity index (χ4v) is 6.17. The van der Waals surface area contributed by atoms with Gasteiger partial charge in [0.05, 0.1) is 32.9 Å². The van der Waals surface area contributed by atoms with Gasteiger partial charge in [-0.3, -0.25) is 0 Å². The first-order chi connectivity index (χ1) is 30.3. The lowest BCUT2D eigenvalue weighted by Crippen LogP contribution is -1.92. The summed E-state index contributed by atoms with van der Waals surface area (Å²) in [4.78, 5) is 0. The molecule has 9 aromatic rings. The average molecular weight is 561 g/mol. The zero-order valence-corrected chi connectivity index (χ0v) is 21.2. The van der Waals surface area contributed by atoms with Gasteiger partial charge in [-0.25, -0.2) is 0 Å². The van der Waals surface area contributed by atoms with Crippen LogP contribution in [0.1, 0.15) is 32.9 Å². The fraction of sp³-hybridized carbons (Fsp3) is 0. The molecule has 0 nitrogen and oxygen atoms in total. The quantitative estimate of drug-likeness (QED) is 0.146. The number of thiophene rings is 1. The molecule has 0 fully saturated rings. The summed E-state index contributed by atoms with van der Waals surface area (Å²) >= 11 is 0.673. The number of hydrogen-bond donors (Lipinski definition) is 0. The van der Waals surface area contributed by atoms with Crippen LogP contribution in [-0.2, 0) is 0 Å². The molecule has 0 aliphatic heterocycles. The van der Waals surface area contributed by atoms with Gasteiger partial charge in [0.1, 0.15) is 0 Å². The second-order valence-corrected chi connectivity index (χ2v) is 10.0. The zero-order valence-electron chi connectivity index (χ0n) is 44.4. The highest BCUT2D eigenvalue weighted by molar-refractivity contribution is 7.25. The summed E-state index contributed by atoms with van der Waals surface area (Å²) in [6.45, 7) is 0. The molecule has 1 heterocycles. The molecule has 1 aromatic heterocycles. The Bertz CT molecular complexity index is 3740. The van der Waals surface area contributed by atoms with E-state index in [4.69, 9.17) is 20.6 Å². The van der Waals surface area contributed by atoms with Gasteiger partial charge in [-0.2, -0.15) is 0 Å². The Balaban J connectivity index is 1.68. The van der Waals surface area contributed by atoms with Crippen LogP contribution in [0.25, 0.3) is 85.5 Å². The van der Waals surface area contributed by atoms with Crippen molar-refractivity contribution in [2.24, 2.45) is 0 Å². The van der Waals surface area contributed by atoms with Crippen LogP contribution in [0.2, 0.25) is 0 Å². The van der Waals surface area contributed by atoms with Gasteiger partial charge >= 0.3 is 0 Å². The topological polar surface area (TPSA) is 0 Å². The lowest BCUT2D eigenvalue weighted by molar-refractivity contribution is 1.70. The van der Waals surface area contributed by atoms with E-state index in [1.54, 1.807) is 0 Å². The van der Waals surface area contributed by atoms with Crippen molar-refractivity contribution < 1.29 is 32.9 Å². The largest absolute Gasteiger partial charge is 0.135 e. The Morgan fingerprint density at radius 2 is 0.878 bits per heavy atom. The Morgan fingerprint density at radius 3 is 1.59 bits per heavy atom. The van der Waals surface area contributed by atoms with Crippen LogP contribution in [0.5, 0.6) is 0 Å². The molecule has 41 heavy (non-hydrogen) atoms. The highest BCUT2D eigenvalue weighted by Crippen LogP contribution is 2.47. The first kappa shape index (κ1) is 9.55. The van der Waals surface area contributed by atoms with Crippen molar-refractivity contribution in [2.45, 2.75) is 0 Å². The van der Waals surface area contributed by atoms with Crippen LogP contribution in [0.15, 0.2) is 145 Å². The molecule has 8 aromatic carbocycles. The standard InChI is InChI=1S/C40H24S/c1-2-12-27-25(11-1)23-36(29-14-4-3-13-28(27)29)40-34-18-7-5-16-32(34)39(33-17-6-8-19-35(33)40)26-21-22-31-30-15-9-10-20-37(30)41-38(31)24-26/h1-24H/i1D,2D,3D,4D,5D,6D,7D,8D,9D,10D,11D,12D,13D,14D,15D,16D,17D,18D,19D,20D,21D,22D,23D,24D. The van der Waals surface area contributed by atoms with Crippen LogP contribution in [-0.4, -0.2) is 0 Å². The highest BCUT2D eigenvalue weighted by Gasteiger charge is 2.19. The minimum Gasteiger partial charge on any atom is -0.135 e. The van der Waals surface area contributed by atoms with E-state index in [9.17, 15) is 12.3 Å². The van der Waals surface area contributed by atoms with Crippen LogP contribution >= 0.6 is 11.3 Å². The van der Waals surface area contributed by atoms with Gasteiger partial charge in [0.2, 0.25) is 0 Å². The van der Waals surface area contributed by atoms with Crippen molar-refractivity contribution in [3.63, 3.8) is 0 Å². The van der Waals surface area contributed by atoms with E-state index >= 15 is 0 Å². The molecule has 0 unspecified atom stereocenters. The van der Waals surface area contributed by atoms with Gasteiger partial charge in [0.25, 0.3) is 0 Å². The van der Waals surface area contributed by atoms with Crippen molar-refractivity contribution in [3.8, 4) is 22.3 Å². The molecule has 0 saturated carbocycles. The predicted octanol–water partition coefficient (Wildman–Crippen LogP) is 12.0. The summed E-state index contributed by atoms with van der Waals surface area (Å²) in [5, 5.41) is -5.17. The van der Waals surface area contributed by atoms with E-state index in [2.05, 4.69) is 0 Å². The van der Waals surface area contributed by atoms with E-state index in [0.29, 0.717) is 11.3 Å². The highest BCUT2D eigenvalue weighted by atomic mass is 32.1. The van der Waals surface area contributed by atoms with E-state index in [1.807, 2.05) is 0 Å². The lowest BCUT2D eigenvalue weighted by Gasteiger charge is -2.19. The molecule has 190 valence electrons. The van der Waals surface area contributed by atoms with E-state index < -0.39 is 210 Å². The van der Waals surface area contributed by atoms with Crippen molar-refractivity contribution in [2.75, 3.05) is 0 Å². The molecule has 0 spiro atoms. The SMILES string of the molecule is [2H]c1c([2H])c([2H])c2c(sc3c([2H])c(-c4c5c([2H])c([2H])c([2H])c([2H])c5c(-c5c([2H])c6c([2H])c([2H])c([2H])c([2H])c6c6c([2H])c([2H])c([2H])c([2H])c56)c5c([2H])c([2H])c([2H])c([2H])c45)c([2H])c([2H])c32)c1[2H]. The Hall–Kier alpha value is -4.98. The van der Waals surface area contributed by atoms with Gasteiger partial charge in [-0.1, -0.05) is 127 Å². The van der Waals surface area contributed by atoms with Crippen LogP contribution in [0.4, 0.5) is 0 Å². The lowest BCUT2D eigenvalue weighted by atomic mass is 9.84. The molecular weight excluding hydrogens is 513 g/mol. The van der Waals surface area contributed by atoms with Crippen LogP contribution in [0.3, 0.4) is 0 Å². The van der Waals surface area contributed by atoms with Gasteiger partial charge in [0.15, 0.2) is 0 Å². The summed E-state index contributed by atoms with van der Waals surface area (Å²) in [5.74, 6) is 0. The summed E-state index contributed by atoms with van der Waals surface area (Å²) in [6.07, 6.45) is 0. The molecule has 0 atom stereocenters. The van der Waals surface area contributed by atoms with Gasteiger partial charge < -0.3 is 0 Å². The molecule has 0 saturated heterocycles. The number of rotatable bonds is 2. The molecule has 0 radical (unpaired) electrons. The van der Waals surface area contributed by atoms with E-state index in [0.717, 1.165) is 0 Å². The van der Waals surface area contributed by atoms with Crippen molar-refractivity contribution >= 4 is 74.6 Å². The summed E-state index contributed by atoms with van der Waals surface area (Å²) in [6, 6.07) is -19.5. The van der Waals surface area contributed by atoms with Gasteiger partial charge in [-0.15, -0.1) is 11.3 Å². The summed E-state index contributed by atoms with van der Waals surface area (Å²) in [7, 11) is 0. The zero-order chi connectivity index (χ0) is 47.8. The summed E-state index contributed by atoms with van der Waals surface area (Å²) < 4.78 is 215. The second kappa shape index (κ2) is 8.76. The fourth-order valence-electron chi connectivity index (χ4n) is 5.20. The maximum atomic E-state index is 9.74. The third kappa shape index (κ3) is 3.33. The number of benzene rings is 8. The predicted molar refractivity (Wildman–Crippen MR) is 180 cm³/mol. The third-order valence-corrected chi connectivity index (χ3v) is 7.91. The maximum Gasteiger partial charge on any atom is 0.0644 e. The van der Waals surface area contributed by atoms with Crippen LogP contribution in [0, 0.1) is 0 Å². The van der Waals surface area contributed by atoms with Crippen LogP contribution < -0.4 is 0 Å². The Kier molecular flexibility index (Phi) is 2.04. The van der Waals surface area contributed by atoms with Crippen molar-refractivity contribution in [1.29, 1.82) is 0 Å². The number of fused-ring (bicyclic) bond motifs is 8. The first-order valence-corrected chi connectivity index (χ1v) is 13.0. The summed E-state index contributed by atoms with van der Waals surface area (Å²) in [5.41, 5.74) is -2.49.